The number of nitrogens with zero attached hydrogens (tertiary/aromatic N) is 3. The monoisotopic (exact) mass is 137 g/mol. The van der Waals surface area contributed by atoms with E-state index >= 15 is 0 Å². The van der Waals surface area contributed by atoms with Crippen LogP contribution in [-0.2, 0) is 0 Å². The van der Waals surface area contributed by atoms with Gasteiger partial charge in [-0.3, -0.25) is 0 Å². The first-order chi connectivity index (χ1) is 4.72. The third-order valence-corrected chi connectivity index (χ3v) is 1.32. The summed E-state index contributed by atoms with van der Waals surface area (Å²) in [6.07, 6.45) is 1.70. The van der Waals surface area contributed by atoms with Crippen molar-refractivity contribution in [2.75, 3.05) is 19.0 Å². The van der Waals surface area contributed by atoms with Crippen LogP contribution in [0.25, 0.3) is 0 Å². The molecule has 54 valence electrons. The van der Waals surface area contributed by atoms with Crippen molar-refractivity contribution in [3.63, 3.8) is 0 Å². The number of anilines is 1. The summed E-state index contributed by atoms with van der Waals surface area (Å²) in [5, 5.41) is 7.73. The molecule has 0 N–H and O–H groups in total. The van der Waals surface area contributed by atoms with Crippen LogP contribution in [0.1, 0.15) is 5.56 Å². The highest BCUT2D eigenvalue weighted by atomic mass is 15.2. The van der Waals surface area contributed by atoms with Gasteiger partial charge in [0.15, 0.2) is 5.82 Å². The molecule has 0 unspecified atom stereocenters. The van der Waals surface area contributed by atoms with Crippen LogP contribution < -0.4 is 4.90 Å². The lowest BCUT2D eigenvalue weighted by molar-refractivity contribution is 0.949. The van der Waals surface area contributed by atoms with Crippen LogP contribution >= 0.6 is 0 Å². The van der Waals surface area contributed by atoms with Crippen LogP contribution in [0.2, 0.25) is 0 Å². The minimum atomic E-state index is 0.933. The summed E-state index contributed by atoms with van der Waals surface area (Å²) in [6, 6.07) is 1.95. The fourth-order valence-corrected chi connectivity index (χ4v) is 0.829. The lowest BCUT2D eigenvalue weighted by Crippen LogP contribution is -2.12. The van der Waals surface area contributed by atoms with Crippen LogP contribution in [0.15, 0.2) is 12.3 Å². The Kier molecular flexibility index (Phi) is 1.85. The van der Waals surface area contributed by atoms with Crippen LogP contribution in [0, 0.1) is 6.92 Å². The molecule has 0 aliphatic heterocycles. The zero-order valence-corrected chi connectivity index (χ0v) is 6.50. The largest absolute Gasteiger partial charge is 0.361 e. The Morgan fingerprint density at radius 2 is 2.10 bits per heavy atom. The van der Waals surface area contributed by atoms with Gasteiger partial charge in [0.05, 0.1) is 6.20 Å². The third kappa shape index (κ3) is 1.23. The minimum Gasteiger partial charge on any atom is -0.361 e. The van der Waals surface area contributed by atoms with Gasteiger partial charge in [-0.2, -0.15) is 5.10 Å². The van der Waals surface area contributed by atoms with Crippen molar-refractivity contribution in [1.29, 1.82) is 0 Å². The second-order valence-electron chi connectivity index (χ2n) is 2.43. The van der Waals surface area contributed by atoms with E-state index in [9.17, 15) is 0 Å². The molecule has 1 heterocycles. The van der Waals surface area contributed by atoms with E-state index < -0.39 is 0 Å². The maximum absolute atomic E-state index is 3.95. The Balaban J connectivity index is 3.03. The molecule has 0 saturated heterocycles. The van der Waals surface area contributed by atoms with Crippen LogP contribution in [0.3, 0.4) is 0 Å². The van der Waals surface area contributed by atoms with E-state index in [0.717, 1.165) is 11.4 Å². The van der Waals surface area contributed by atoms with Crippen molar-refractivity contribution in [2.45, 2.75) is 6.92 Å². The van der Waals surface area contributed by atoms with Crippen molar-refractivity contribution < 1.29 is 0 Å². The average Bonchev–Trinajstić information content (AvgIpc) is 1.88. The van der Waals surface area contributed by atoms with Gasteiger partial charge in [0.25, 0.3) is 0 Å². The zero-order valence-electron chi connectivity index (χ0n) is 6.50. The smallest absolute Gasteiger partial charge is 0.153 e. The molecule has 0 aromatic carbocycles. The molecule has 0 atom stereocenters. The van der Waals surface area contributed by atoms with Gasteiger partial charge in [0.1, 0.15) is 0 Å². The van der Waals surface area contributed by atoms with Crippen LogP contribution in [-0.4, -0.2) is 24.3 Å². The Labute approximate surface area is 60.7 Å². The lowest BCUT2D eigenvalue weighted by Gasteiger charge is -2.11. The van der Waals surface area contributed by atoms with Crippen molar-refractivity contribution in [2.24, 2.45) is 0 Å². The molecule has 0 aliphatic carbocycles. The highest BCUT2D eigenvalue weighted by Crippen LogP contribution is 2.09. The van der Waals surface area contributed by atoms with Gasteiger partial charge >= 0.3 is 0 Å². The van der Waals surface area contributed by atoms with Crippen LogP contribution in [0.4, 0.5) is 5.82 Å². The third-order valence-electron chi connectivity index (χ3n) is 1.32. The summed E-state index contributed by atoms with van der Waals surface area (Å²) in [6.45, 7) is 2.02. The van der Waals surface area contributed by atoms with Gasteiger partial charge in [0.2, 0.25) is 0 Å². The molecule has 1 rings (SSSR count). The first-order valence-corrected chi connectivity index (χ1v) is 3.17. The molecule has 0 spiro atoms. The Morgan fingerprint density at radius 3 is 2.50 bits per heavy atom. The van der Waals surface area contributed by atoms with E-state index in [1.54, 1.807) is 6.20 Å². The van der Waals surface area contributed by atoms with Crippen molar-refractivity contribution in [3.8, 4) is 0 Å². The zero-order chi connectivity index (χ0) is 7.56. The highest BCUT2D eigenvalue weighted by Gasteiger charge is 1.98. The van der Waals surface area contributed by atoms with E-state index in [4.69, 9.17) is 0 Å². The maximum atomic E-state index is 3.95. The number of aromatic nitrogens is 2. The average molecular weight is 137 g/mol. The fraction of sp³-hybridized carbons (Fsp3) is 0.429. The number of aryl methyl sites for hydroxylation is 1. The molecule has 1 aromatic rings. The van der Waals surface area contributed by atoms with Gasteiger partial charge in [0, 0.05) is 14.1 Å². The summed E-state index contributed by atoms with van der Waals surface area (Å²) < 4.78 is 0. The van der Waals surface area contributed by atoms with E-state index in [1.807, 2.05) is 32.0 Å². The van der Waals surface area contributed by atoms with Gasteiger partial charge in [-0.1, -0.05) is 0 Å². The van der Waals surface area contributed by atoms with E-state index in [-0.39, 0.29) is 0 Å². The molecule has 0 radical (unpaired) electrons. The summed E-state index contributed by atoms with van der Waals surface area (Å²) >= 11 is 0. The molecule has 0 amide bonds. The normalized spacial score (nSPS) is 9.50. The van der Waals surface area contributed by atoms with E-state index in [2.05, 4.69) is 10.2 Å². The minimum absolute atomic E-state index is 0.933. The van der Waals surface area contributed by atoms with Crippen molar-refractivity contribution in [1.82, 2.24) is 10.2 Å². The molecule has 0 saturated carbocycles. The highest BCUT2D eigenvalue weighted by molar-refractivity contribution is 5.42. The standard InChI is InChI=1S/C7H11N3/c1-6-4-5-8-9-7(6)10(2)3/h4-5H,1-3H3. The number of hydrogen-bond acceptors (Lipinski definition) is 3. The van der Waals surface area contributed by atoms with Gasteiger partial charge in [-0.05, 0) is 18.6 Å². The number of hydrogen-bond donors (Lipinski definition) is 0. The Morgan fingerprint density at radius 1 is 1.40 bits per heavy atom. The second kappa shape index (κ2) is 2.64. The number of rotatable bonds is 1. The molecule has 1 aromatic heterocycles. The Hall–Kier alpha value is -1.12. The van der Waals surface area contributed by atoms with Crippen molar-refractivity contribution >= 4 is 5.82 Å². The van der Waals surface area contributed by atoms with E-state index in [1.165, 1.54) is 0 Å². The quantitative estimate of drug-likeness (QED) is 0.574. The summed E-state index contributed by atoms with van der Waals surface area (Å²) in [7, 11) is 3.91. The van der Waals surface area contributed by atoms with Crippen molar-refractivity contribution in [3.05, 3.63) is 17.8 Å². The van der Waals surface area contributed by atoms with Crippen LogP contribution in [0.5, 0.6) is 0 Å². The molecule has 0 fully saturated rings. The molecular weight excluding hydrogens is 126 g/mol. The molecule has 3 heteroatoms. The Bertz CT molecular complexity index is 220. The SMILES string of the molecule is Cc1ccnnc1N(C)C. The predicted molar refractivity (Wildman–Crippen MR) is 41.1 cm³/mol. The van der Waals surface area contributed by atoms with Gasteiger partial charge < -0.3 is 4.90 Å². The summed E-state index contributed by atoms with van der Waals surface area (Å²) in [5.41, 5.74) is 1.15. The first-order valence-electron chi connectivity index (χ1n) is 3.17. The molecular formula is C7H11N3. The first kappa shape index (κ1) is 6.99. The summed E-state index contributed by atoms with van der Waals surface area (Å²) in [4.78, 5) is 1.95. The van der Waals surface area contributed by atoms with E-state index in [0.29, 0.717) is 0 Å². The second-order valence-corrected chi connectivity index (χ2v) is 2.43. The lowest BCUT2D eigenvalue weighted by atomic mass is 10.3. The molecule has 0 aliphatic rings. The predicted octanol–water partition coefficient (Wildman–Crippen LogP) is 0.851. The fourth-order valence-electron chi connectivity index (χ4n) is 0.829. The van der Waals surface area contributed by atoms with Gasteiger partial charge in [-0.25, -0.2) is 0 Å². The summed E-state index contributed by atoms with van der Waals surface area (Å²) in [5.74, 6) is 0.933. The van der Waals surface area contributed by atoms with Gasteiger partial charge in [-0.15, -0.1) is 5.10 Å². The molecule has 10 heavy (non-hydrogen) atoms. The molecule has 0 bridgehead atoms. The maximum Gasteiger partial charge on any atom is 0.153 e. The molecule has 3 nitrogen and oxygen atoms in total. The topological polar surface area (TPSA) is 29.0 Å².